The van der Waals surface area contributed by atoms with Gasteiger partial charge >= 0.3 is 0 Å². The van der Waals surface area contributed by atoms with E-state index in [4.69, 9.17) is 15.0 Å². The van der Waals surface area contributed by atoms with Gasteiger partial charge < -0.3 is 15.0 Å². The largest absolute Gasteiger partial charge is 0.484 e. The molecule has 0 saturated carbocycles. The number of benzene rings is 1. The number of hydrogen-bond acceptors (Lipinski definition) is 6. The Bertz CT molecular complexity index is 695. The number of aromatic nitrogens is 3. The summed E-state index contributed by atoms with van der Waals surface area (Å²) in [6, 6.07) is 11.0. The molecule has 0 unspecified atom stereocenters. The van der Waals surface area contributed by atoms with Gasteiger partial charge in [-0.2, -0.15) is 4.98 Å². The molecule has 0 fully saturated rings. The molecule has 106 valence electrons. The number of anilines is 1. The van der Waals surface area contributed by atoms with Gasteiger partial charge in [-0.3, -0.25) is 4.98 Å². The molecule has 0 aliphatic rings. The summed E-state index contributed by atoms with van der Waals surface area (Å²) in [4.78, 5) is 8.26. The Balaban J connectivity index is 1.59. The van der Waals surface area contributed by atoms with Crippen molar-refractivity contribution in [2.24, 2.45) is 0 Å². The Labute approximate surface area is 121 Å². The van der Waals surface area contributed by atoms with E-state index >= 15 is 0 Å². The minimum atomic E-state index is 0.229. The number of pyridine rings is 1. The predicted molar refractivity (Wildman–Crippen MR) is 76.5 cm³/mol. The first-order chi connectivity index (χ1) is 10.3. The molecule has 0 bridgehead atoms. The summed E-state index contributed by atoms with van der Waals surface area (Å²) in [5, 5.41) is 3.93. The van der Waals surface area contributed by atoms with Gasteiger partial charge in [-0.25, -0.2) is 0 Å². The molecule has 0 aliphatic carbocycles. The van der Waals surface area contributed by atoms with Crippen molar-refractivity contribution in [1.82, 2.24) is 15.1 Å². The van der Waals surface area contributed by atoms with Gasteiger partial charge in [0.2, 0.25) is 0 Å². The number of nitrogen functional groups attached to an aromatic ring is 1. The summed E-state index contributed by atoms with van der Waals surface area (Å²) in [6.45, 7) is 0.229. The second-order valence-electron chi connectivity index (χ2n) is 4.49. The van der Waals surface area contributed by atoms with Crippen LogP contribution in [0.1, 0.15) is 17.3 Å². The van der Waals surface area contributed by atoms with Crippen LogP contribution in [0.4, 0.5) is 5.69 Å². The lowest BCUT2D eigenvalue weighted by molar-refractivity contribution is 0.242. The highest BCUT2D eigenvalue weighted by atomic mass is 16.5. The van der Waals surface area contributed by atoms with Crippen LogP contribution in [0.5, 0.6) is 5.75 Å². The van der Waals surface area contributed by atoms with Crippen LogP contribution in [0.15, 0.2) is 53.3 Å². The first-order valence-electron chi connectivity index (χ1n) is 6.48. The topological polar surface area (TPSA) is 87.1 Å². The highest BCUT2D eigenvalue weighted by molar-refractivity contribution is 5.41. The van der Waals surface area contributed by atoms with Gasteiger partial charge in [0.1, 0.15) is 5.75 Å². The molecule has 0 amide bonds. The smallest absolute Gasteiger partial charge is 0.264 e. The van der Waals surface area contributed by atoms with Crippen molar-refractivity contribution in [3.05, 3.63) is 66.1 Å². The zero-order valence-corrected chi connectivity index (χ0v) is 11.3. The average Bonchev–Trinajstić information content (AvgIpc) is 2.95. The molecule has 0 radical (unpaired) electrons. The molecule has 2 N–H and O–H groups in total. The molecule has 3 rings (SSSR count). The molecule has 0 spiro atoms. The highest BCUT2D eigenvalue weighted by Gasteiger charge is 2.07. The standard InChI is InChI=1S/C15H14N4O2/c16-12-1-3-13(4-2-12)20-10-15-18-14(19-21-15)9-11-5-7-17-8-6-11/h1-8H,9-10,16H2. The molecule has 6 nitrogen and oxygen atoms in total. The molecule has 0 atom stereocenters. The van der Waals surface area contributed by atoms with E-state index in [0.29, 0.717) is 29.6 Å². The van der Waals surface area contributed by atoms with E-state index in [2.05, 4.69) is 15.1 Å². The molecular formula is C15H14N4O2. The second-order valence-corrected chi connectivity index (χ2v) is 4.49. The maximum absolute atomic E-state index is 5.61. The fourth-order valence-electron chi connectivity index (χ4n) is 1.81. The van der Waals surface area contributed by atoms with E-state index in [1.54, 1.807) is 36.7 Å². The zero-order valence-electron chi connectivity index (χ0n) is 11.3. The maximum Gasteiger partial charge on any atom is 0.264 e. The zero-order chi connectivity index (χ0) is 14.5. The maximum atomic E-state index is 5.61. The van der Waals surface area contributed by atoms with E-state index in [1.165, 1.54) is 0 Å². The summed E-state index contributed by atoms with van der Waals surface area (Å²) >= 11 is 0. The van der Waals surface area contributed by atoms with Gasteiger partial charge in [0.25, 0.3) is 5.89 Å². The lowest BCUT2D eigenvalue weighted by atomic mass is 10.2. The van der Waals surface area contributed by atoms with E-state index < -0.39 is 0 Å². The monoisotopic (exact) mass is 282 g/mol. The van der Waals surface area contributed by atoms with Gasteiger partial charge in [0.05, 0.1) is 0 Å². The molecule has 6 heteroatoms. The van der Waals surface area contributed by atoms with Gasteiger partial charge in [0.15, 0.2) is 12.4 Å². The van der Waals surface area contributed by atoms with E-state index in [9.17, 15) is 0 Å². The average molecular weight is 282 g/mol. The van der Waals surface area contributed by atoms with Crippen LogP contribution in [0.25, 0.3) is 0 Å². The van der Waals surface area contributed by atoms with Crippen molar-refractivity contribution in [2.45, 2.75) is 13.0 Å². The minimum Gasteiger partial charge on any atom is -0.484 e. The third-order valence-corrected chi connectivity index (χ3v) is 2.86. The quantitative estimate of drug-likeness (QED) is 0.722. The number of rotatable bonds is 5. The number of nitrogens with two attached hydrogens (primary N) is 1. The van der Waals surface area contributed by atoms with Crippen molar-refractivity contribution in [3.63, 3.8) is 0 Å². The molecule has 3 aromatic rings. The van der Waals surface area contributed by atoms with E-state index in [0.717, 1.165) is 5.56 Å². The van der Waals surface area contributed by atoms with Gasteiger partial charge in [-0.05, 0) is 42.0 Å². The van der Waals surface area contributed by atoms with Crippen molar-refractivity contribution in [3.8, 4) is 5.75 Å². The molecule has 1 aromatic carbocycles. The molecule has 0 saturated heterocycles. The molecular weight excluding hydrogens is 268 g/mol. The SMILES string of the molecule is Nc1ccc(OCc2nc(Cc3ccncc3)no2)cc1. The fraction of sp³-hybridized carbons (Fsp3) is 0.133. The van der Waals surface area contributed by atoms with Gasteiger partial charge in [0, 0.05) is 24.5 Å². The lowest BCUT2D eigenvalue weighted by Crippen LogP contribution is -1.97. The Morgan fingerprint density at radius 2 is 1.81 bits per heavy atom. The van der Waals surface area contributed by atoms with Crippen LogP contribution < -0.4 is 10.5 Å². The van der Waals surface area contributed by atoms with E-state index in [-0.39, 0.29) is 6.61 Å². The molecule has 21 heavy (non-hydrogen) atoms. The normalized spacial score (nSPS) is 10.5. The van der Waals surface area contributed by atoms with Crippen molar-refractivity contribution < 1.29 is 9.26 Å². The first-order valence-corrected chi connectivity index (χ1v) is 6.48. The van der Waals surface area contributed by atoms with Crippen LogP contribution in [-0.4, -0.2) is 15.1 Å². The van der Waals surface area contributed by atoms with Crippen LogP contribution in [0, 0.1) is 0 Å². The minimum absolute atomic E-state index is 0.229. The highest BCUT2D eigenvalue weighted by Crippen LogP contribution is 2.14. The summed E-state index contributed by atoms with van der Waals surface area (Å²) in [5.74, 6) is 1.77. The third kappa shape index (κ3) is 3.56. The Morgan fingerprint density at radius 3 is 2.57 bits per heavy atom. The van der Waals surface area contributed by atoms with Crippen molar-refractivity contribution in [1.29, 1.82) is 0 Å². The molecule has 2 aromatic heterocycles. The van der Waals surface area contributed by atoms with Crippen LogP contribution >= 0.6 is 0 Å². The summed E-state index contributed by atoms with van der Waals surface area (Å²) in [5.41, 5.74) is 7.38. The predicted octanol–water partition coefficient (Wildman–Crippen LogP) is 2.22. The van der Waals surface area contributed by atoms with Crippen LogP contribution in [-0.2, 0) is 13.0 Å². The molecule has 2 heterocycles. The van der Waals surface area contributed by atoms with Crippen LogP contribution in [0.3, 0.4) is 0 Å². The second kappa shape index (κ2) is 6.04. The lowest BCUT2D eigenvalue weighted by Gasteiger charge is -2.02. The van der Waals surface area contributed by atoms with Crippen molar-refractivity contribution >= 4 is 5.69 Å². The Hall–Kier alpha value is -2.89. The number of hydrogen-bond donors (Lipinski definition) is 1. The Kier molecular flexibility index (Phi) is 3.77. The first kappa shape index (κ1) is 13.1. The van der Waals surface area contributed by atoms with Gasteiger partial charge in [-0.15, -0.1) is 0 Å². The molecule has 0 aliphatic heterocycles. The summed E-state index contributed by atoms with van der Waals surface area (Å²) in [6.07, 6.45) is 4.08. The summed E-state index contributed by atoms with van der Waals surface area (Å²) in [7, 11) is 0. The summed E-state index contributed by atoms with van der Waals surface area (Å²) < 4.78 is 10.7. The fourth-order valence-corrected chi connectivity index (χ4v) is 1.81. The van der Waals surface area contributed by atoms with Gasteiger partial charge in [-0.1, -0.05) is 5.16 Å². The third-order valence-electron chi connectivity index (χ3n) is 2.86. The number of nitrogens with zero attached hydrogens (tertiary/aromatic N) is 3. The number of ether oxygens (including phenoxy) is 1. The van der Waals surface area contributed by atoms with Crippen molar-refractivity contribution in [2.75, 3.05) is 5.73 Å². The van der Waals surface area contributed by atoms with E-state index in [1.807, 2.05) is 12.1 Å². The Morgan fingerprint density at radius 1 is 1.05 bits per heavy atom. The van der Waals surface area contributed by atoms with Crippen LogP contribution in [0.2, 0.25) is 0 Å².